The molecule has 0 spiro atoms. The molecule has 3 aliphatic rings. The first kappa shape index (κ1) is 9.22. The number of hydrogen-bond donors (Lipinski definition) is 1. The fraction of sp³-hybridized carbons (Fsp3) is 0.818. The van der Waals surface area contributed by atoms with E-state index in [1.165, 1.54) is 24.8 Å². The number of ether oxygens (including phenoxy) is 1. The molecule has 2 nitrogen and oxygen atoms in total. The number of hydrogen-bond acceptors (Lipinski definition) is 2. The lowest BCUT2D eigenvalue weighted by molar-refractivity contribution is -0.0423. The molecule has 0 aromatic heterocycles. The molecular formula is C11H19NO. The Labute approximate surface area is 80.4 Å². The van der Waals surface area contributed by atoms with Gasteiger partial charge in [-0.25, -0.2) is 0 Å². The van der Waals surface area contributed by atoms with E-state index in [1.807, 2.05) is 14.2 Å². The summed E-state index contributed by atoms with van der Waals surface area (Å²) in [5.41, 5.74) is 1.52. The van der Waals surface area contributed by atoms with E-state index in [0.29, 0.717) is 6.04 Å². The van der Waals surface area contributed by atoms with Crippen LogP contribution in [0.25, 0.3) is 0 Å². The Kier molecular flexibility index (Phi) is 2.20. The Morgan fingerprint density at radius 3 is 2.92 bits per heavy atom. The molecule has 3 aliphatic carbocycles. The summed E-state index contributed by atoms with van der Waals surface area (Å²) in [5.74, 6) is 0.800. The summed E-state index contributed by atoms with van der Waals surface area (Å²) in [5, 5.41) is 3.38. The molecule has 0 radical (unpaired) electrons. The Bertz CT molecular complexity index is 236. The molecule has 0 amide bonds. The van der Waals surface area contributed by atoms with E-state index in [2.05, 4.69) is 18.3 Å². The highest BCUT2D eigenvalue weighted by molar-refractivity contribution is 5.25. The summed E-state index contributed by atoms with van der Waals surface area (Å²) in [6.45, 7) is 2.24. The van der Waals surface area contributed by atoms with Crippen molar-refractivity contribution in [3.8, 4) is 0 Å². The SMILES string of the molecule is CNC1CC2CCC1(OC)C=C2C. The van der Waals surface area contributed by atoms with Crippen LogP contribution in [-0.2, 0) is 4.74 Å². The van der Waals surface area contributed by atoms with Crippen molar-refractivity contribution in [3.63, 3.8) is 0 Å². The van der Waals surface area contributed by atoms with E-state index in [9.17, 15) is 0 Å². The van der Waals surface area contributed by atoms with Gasteiger partial charge >= 0.3 is 0 Å². The molecule has 0 heterocycles. The predicted molar refractivity (Wildman–Crippen MR) is 53.7 cm³/mol. The van der Waals surface area contributed by atoms with Gasteiger partial charge in [0, 0.05) is 13.2 Å². The van der Waals surface area contributed by atoms with Gasteiger partial charge in [0.1, 0.15) is 5.60 Å². The minimum absolute atomic E-state index is 0.00637. The van der Waals surface area contributed by atoms with E-state index in [1.54, 1.807) is 0 Å². The molecule has 0 aliphatic heterocycles. The van der Waals surface area contributed by atoms with Crippen LogP contribution in [0.3, 0.4) is 0 Å². The van der Waals surface area contributed by atoms with Crippen LogP contribution in [0.1, 0.15) is 26.2 Å². The van der Waals surface area contributed by atoms with E-state index >= 15 is 0 Å². The van der Waals surface area contributed by atoms with Gasteiger partial charge in [-0.05, 0) is 39.2 Å². The average Bonchev–Trinajstić information content (AvgIpc) is 2.18. The quantitative estimate of drug-likeness (QED) is 0.655. The second-order valence-corrected chi connectivity index (χ2v) is 4.36. The van der Waals surface area contributed by atoms with E-state index in [4.69, 9.17) is 4.74 Å². The van der Waals surface area contributed by atoms with Crippen LogP contribution in [0, 0.1) is 5.92 Å². The van der Waals surface area contributed by atoms with E-state index < -0.39 is 0 Å². The van der Waals surface area contributed by atoms with Gasteiger partial charge in [0.15, 0.2) is 0 Å². The van der Waals surface area contributed by atoms with Crippen LogP contribution in [-0.4, -0.2) is 25.8 Å². The van der Waals surface area contributed by atoms with Gasteiger partial charge < -0.3 is 10.1 Å². The second kappa shape index (κ2) is 3.10. The summed E-state index contributed by atoms with van der Waals surface area (Å²) in [4.78, 5) is 0. The average molecular weight is 181 g/mol. The molecule has 2 heteroatoms. The second-order valence-electron chi connectivity index (χ2n) is 4.36. The van der Waals surface area contributed by atoms with Crippen molar-refractivity contribution >= 4 is 0 Å². The van der Waals surface area contributed by atoms with Crippen LogP contribution in [0.4, 0.5) is 0 Å². The highest BCUT2D eigenvalue weighted by Crippen LogP contribution is 2.44. The van der Waals surface area contributed by atoms with Crippen LogP contribution in [0.5, 0.6) is 0 Å². The molecular weight excluding hydrogens is 162 g/mol. The summed E-state index contributed by atoms with van der Waals surface area (Å²) < 4.78 is 5.70. The monoisotopic (exact) mass is 181 g/mol. The molecule has 2 bridgehead atoms. The van der Waals surface area contributed by atoms with Crippen LogP contribution in [0.2, 0.25) is 0 Å². The Balaban J connectivity index is 2.32. The number of rotatable bonds is 2. The fourth-order valence-corrected chi connectivity index (χ4v) is 2.93. The molecule has 1 fully saturated rings. The standard InChI is InChI=1S/C11H19NO/c1-8-7-11(13-3)5-4-9(8)6-10(11)12-2/h7,9-10,12H,4-6H2,1-3H3. The third kappa shape index (κ3) is 1.24. The molecule has 3 rings (SSSR count). The number of fused-ring (bicyclic) bond motifs is 2. The fourth-order valence-electron chi connectivity index (χ4n) is 2.93. The van der Waals surface area contributed by atoms with Gasteiger partial charge in [0.25, 0.3) is 0 Å². The van der Waals surface area contributed by atoms with Gasteiger partial charge in [0.05, 0.1) is 0 Å². The lowest BCUT2D eigenvalue weighted by atomic mass is 9.66. The first-order valence-electron chi connectivity index (χ1n) is 5.13. The largest absolute Gasteiger partial charge is 0.373 e. The van der Waals surface area contributed by atoms with Crippen LogP contribution >= 0.6 is 0 Å². The highest BCUT2D eigenvalue weighted by Gasteiger charge is 2.46. The maximum absolute atomic E-state index is 5.70. The number of nitrogens with one attached hydrogen (secondary N) is 1. The summed E-state index contributed by atoms with van der Waals surface area (Å²) in [7, 11) is 3.87. The third-order valence-corrected chi connectivity index (χ3v) is 3.84. The first-order chi connectivity index (χ1) is 6.22. The van der Waals surface area contributed by atoms with Gasteiger partial charge in [-0.3, -0.25) is 0 Å². The first-order valence-corrected chi connectivity index (χ1v) is 5.13. The molecule has 0 saturated heterocycles. The maximum atomic E-state index is 5.70. The highest BCUT2D eigenvalue weighted by atomic mass is 16.5. The molecule has 1 saturated carbocycles. The molecule has 74 valence electrons. The lowest BCUT2D eigenvalue weighted by Crippen LogP contribution is -2.56. The minimum Gasteiger partial charge on any atom is -0.373 e. The number of likely N-dealkylation sites (N-methyl/N-ethyl adjacent to an activating group) is 1. The zero-order valence-corrected chi connectivity index (χ0v) is 8.76. The zero-order valence-electron chi connectivity index (χ0n) is 8.76. The molecule has 0 aromatic rings. The van der Waals surface area contributed by atoms with Crippen molar-refractivity contribution in [2.24, 2.45) is 5.92 Å². The molecule has 13 heavy (non-hydrogen) atoms. The van der Waals surface area contributed by atoms with Gasteiger partial charge in [-0.2, -0.15) is 0 Å². The van der Waals surface area contributed by atoms with Crippen molar-refractivity contribution in [2.45, 2.75) is 37.8 Å². The zero-order chi connectivity index (χ0) is 9.47. The van der Waals surface area contributed by atoms with E-state index in [-0.39, 0.29) is 5.60 Å². The van der Waals surface area contributed by atoms with Crippen molar-refractivity contribution in [2.75, 3.05) is 14.2 Å². The molecule has 0 aromatic carbocycles. The topological polar surface area (TPSA) is 21.3 Å². The molecule has 3 atom stereocenters. The van der Waals surface area contributed by atoms with Gasteiger partial charge in [0.2, 0.25) is 0 Å². The van der Waals surface area contributed by atoms with Crippen LogP contribution < -0.4 is 5.32 Å². The summed E-state index contributed by atoms with van der Waals surface area (Å²) in [6, 6.07) is 0.514. The minimum atomic E-state index is -0.00637. The van der Waals surface area contributed by atoms with Gasteiger partial charge in [-0.15, -0.1) is 0 Å². The third-order valence-electron chi connectivity index (χ3n) is 3.84. The van der Waals surface area contributed by atoms with Crippen molar-refractivity contribution < 1.29 is 4.74 Å². The Morgan fingerprint density at radius 2 is 2.38 bits per heavy atom. The van der Waals surface area contributed by atoms with E-state index in [0.717, 1.165) is 5.92 Å². The number of methoxy groups -OCH3 is 1. The lowest BCUT2D eigenvalue weighted by Gasteiger charge is -2.49. The van der Waals surface area contributed by atoms with Crippen molar-refractivity contribution in [3.05, 3.63) is 11.6 Å². The van der Waals surface area contributed by atoms with Crippen molar-refractivity contribution in [1.82, 2.24) is 5.32 Å². The Hall–Kier alpha value is -0.340. The summed E-state index contributed by atoms with van der Waals surface area (Å²) >= 11 is 0. The van der Waals surface area contributed by atoms with Gasteiger partial charge in [-0.1, -0.05) is 11.6 Å². The maximum Gasteiger partial charge on any atom is 0.101 e. The summed E-state index contributed by atoms with van der Waals surface area (Å²) in [6.07, 6.45) is 6.06. The number of allylic oxidation sites excluding steroid dienone is 1. The Morgan fingerprint density at radius 1 is 1.62 bits per heavy atom. The smallest absolute Gasteiger partial charge is 0.101 e. The normalized spacial score (nSPS) is 43.5. The molecule has 3 unspecified atom stereocenters. The molecule has 1 N–H and O–H groups in total. The van der Waals surface area contributed by atoms with Crippen LogP contribution in [0.15, 0.2) is 11.6 Å². The van der Waals surface area contributed by atoms with Crippen molar-refractivity contribution in [1.29, 1.82) is 0 Å². The predicted octanol–water partition coefficient (Wildman–Crippen LogP) is 1.72.